The van der Waals surface area contributed by atoms with Gasteiger partial charge in [-0.15, -0.1) is 0 Å². The Morgan fingerprint density at radius 3 is 2.57 bits per heavy atom. The number of nitrogens with zero attached hydrogens (tertiary/aromatic N) is 1. The Hall–Kier alpha value is -2.45. The molecule has 2 aromatic rings. The maximum Gasteiger partial charge on any atom is 0.242 e. The van der Waals surface area contributed by atoms with Crippen molar-refractivity contribution in [2.45, 2.75) is 49.5 Å². The molecule has 8 heteroatoms. The monoisotopic (exact) mass is 434 g/mol. The smallest absolute Gasteiger partial charge is 0.242 e. The lowest BCUT2D eigenvalue weighted by Gasteiger charge is -2.17. The third-order valence-corrected chi connectivity index (χ3v) is 6.99. The fraction of sp³-hybridized carbons (Fsp3) is 0.409. The minimum absolute atomic E-state index is 0.0231. The first kappa shape index (κ1) is 22.2. The van der Waals surface area contributed by atoms with E-state index in [1.807, 2.05) is 12.1 Å². The fourth-order valence-corrected chi connectivity index (χ4v) is 4.65. The minimum atomic E-state index is -3.71. The second-order valence-electron chi connectivity index (χ2n) is 7.48. The number of ether oxygens (including phenoxy) is 1. The Bertz CT molecular complexity index is 957. The van der Waals surface area contributed by atoms with Crippen LogP contribution in [0.5, 0.6) is 5.75 Å². The number of carbonyl (C=O) groups is 1. The molecule has 1 N–H and O–H groups in total. The standard InChI is InChI=1S/C22H27FN2O4S/c1-25(30(27,28)21-13-11-17(23)12-14-21)15-5-10-22(26)24-18-6-4-9-20(16-18)29-19-7-2-3-8-19/h4,6,9,11-14,16,19H,2-3,5,7-8,10,15H2,1H3,(H,24,26). The maximum atomic E-state index is 13.0. The highest BCUT2D eigenvalue weighted by molar-refractivity contribution is 7.89. The van der Waals surface area contributed by atoms with E-state index in [1.54, 1.807) is 12.1 Å². The number of carbonyl (C=O) groups excluding carboxylic acids is 1. The maximum absolute atomic E-state index is 13.0. The molecule has 0 bridgehead atoms. The van der Waals surface area contributed by atoms with E-state index in [-0.39, 0.29) is 29.9 Å². The number of amides is 1. The molecule has 1 amide bonds. The van der Waals surface area contributed by atoms with Crippen molar-refractivity contribution >= 4 is 21.6 Å². The topological polar surface area (TPSA) is 75.7 Å². The summed E-state index contributed by atoms with van der Waals surface area (Å²) in [5, 5.41) is 2.83. The van der Waals surface area contributed by atoms with Crippen LogP contribution in [0, 0.1) is 5.82 Å². The van der Waals surface area contributed by atoms with Gasteiger partial charge >= 0.3 is 0 Å². The van der Waals surface area contributed by atoms with Gasteiger partial charge in [0, 0.05) is 31.8 Å². The van der Waals surface area contributed by atoms with Gasteiger partial charge < -0.3 is 10.1 Å². The van der Waals surface area contributed by atoms with Crippen molar-refractivity contribution in [3.63, 3.8) is 0 Å². The van der Waals surface area contributed by atoms with Crippen molar-refractivity contribution in [2.24, 2.45) is 0 Å². The van der Waals surface area contributed by atoms with Crippen LogP contribution in [0.25, 0.3) is 0 Å². The first-order valence-electron chi connectivity index (χ1n) is 10.1. The summed E-state index contributed by atoms with van der Waals surface area (Å²) < 4.78 is 45.1. The Morgan fingerprint density at radius 2 is 1.87 bits per heavy atom. The largest absolute Gasteiger partial charge is 0.490 e. The first-order chi connectivity index (χ1) is 14.3. The molecule has 0 aliphatic heterocycles. The zero-order chi connectivity index (χ0) is 21.6. The molecule has 1 aliphatic carbocycles. The summed E-state index contributed by atoms with van der Waals surface area (Å²) in [5.41, 5.74) is 0.655. The summed E-state index contributed by atoms with van der Waals surface area (Å²) >= 11 is 0. The van der Waals surface area contributed by atoms with Crippen molar-refractivity contribution in [3.05, 3.63) is 54.3 Å². The number of anilines is 1. The minimum Gasteiger partial charge on any atom is -0.490 e. The van der Waals surface area contributed by atoms with Crippen LogP contribution in [0.4, 0.5) is 10.1 Å². The van der Waals surface area contributed by atoms with Crippen molar-refractivity contribution < 1.29 is 22.3 Å². The Kier molecular flexibility index (Phi) is 7.44. The van der Waals surface area contributed by atoms with Crippen molar-refractivity contribution in [3.8, 4) is 5.75 Å². The average Bonchev–Trinajstić information content (AvgIpc) is 3.21. The quantitative estimate of drug-likeness (QED) is 0.642. The molecule has 0 saturated heterocycles. The van der Waals surface area contributed by atoms with E-state index >= 15 is 0 Å². The lowest BCUT2D eigenvalue weighted by Crippen LogP contribution is -2.28. The highest BCUT2D eigenvalue weighted by atomic mass is 32.2. The van der Waals surface area contributed by atoms with Crippen LogP contribution in [0.3, 0.4) is 0 Å². The number of benzene rings is 2. The lowest BCUT2D eigenvalue weighted by atomic mass is 10.2. The molecule has 0 unspecified atom stereocenters. The molecule has 0 atom stereocenters. The number of halogens is 1. The van der Waals surface area contributed by atoms with E-state index in [9.17, 15) is 17.6 Å². The van der Waals surface area contributed by atoms with Gasteiger partial charge in [-0.3, -0.25) is 4.79 Å². The van der Waals surface area contributed by atoms with Crippen LogP contribution in [-0.4, -0.2) is 38.3 Å². The average molecular weight is 435 g/mol. The highest BCUT2D eigenvalue weighted by Gasteiger charge is 2.21. The van der Waals surface area contributed by atoms with Crippen LogP contribution in [0.15, 0.2) is 53.4 Å². The molecule has 30 heavy (non-hydrogen) atoms. The van der Waals surface area contributed by atoms with E-state index in [0.717, 1.165) is 30.7 Å². The summed E-state index contributed by atoms with van der Waals surface area (Å²) in [7, 11) is -2.27. The normalized spacial score (nSPS) is 14.8. The molecule has 3 rings (SSSR count). The number of rotatable bonds is 9. The van der Waals surface area contributed by atoms with Gasteiger partial charge in [0.25, 0.3) is 0 Å². The van der Waals surface area contributed by atoms with Gasteiger partial charge in [-0.05, 0) is 68.5 Å². The van der Waals surface area contributed by atoms with E-state index in [0.29, 0.717) is 12.1 Å². The number of sulfonamides is 1. The van der Waals surface area contributed by atoms with Gasteiger partial charge in [-0.25, -0.2) is 17.1 Å². The number of nitrogens with one attached hydrogen (secondary N) is 1. The van der Waals surface area contributed by atoms with Gasteiger partial charge in [0.1, 0.15) is 11.6 Å². The molecule has 2 aromatic carbocycles. The zero-order valence-corrected chi connectivity index (χ0v) is 17.8. The molecular formula is C22H27FN2O4S. The lowest BCUT2D eigenvalue weighted by molar-refractivity contribution is -0.116. The summed E-state index contributed by atoms with van der Waals surface area (Å²) in [6, 6.07) is 12.0. The zero-order valence-electron chi connectivity index (χ0n) is 17.0. The molecule has 1 fully saturated rings. The second kappa shape index (κ2) is 10.0. The number of hydrogen-bond acceptors (Lipinski definition) is 4. The van der Waals surface area contributed by atoms with Gasteiger partial charge in [-0.2, -0.15) is 0 Å². The van der Waals surface area contributed by atoms with Crippen LogP contribution >= 0.6 is 0 Å². The molecule has 0 radical (unpaired) electrons. The van der Waals surface area contributed by atoms with E-state index in [1.165, 1.54) is 36.3 Å². The Labute approximate surface area is 177 Å². The number of hydrogen-bond donors (Lipinski definition) is 1. The fourth-order valence-electron chi connectivity index (χ4n) is 3.44. The van der Waals surface area contributed by atoms with E-state index in [2.05, 4.69) is 5.32 Å². The third-order valence-electron chi connectivity index (χ3n) is 5.12. The van der Waals surface area contributed by atoms with Crippen LogP contribution < -0.4 is 10.1 Å². The molecule has 0 spiro atoms. The van der Waals surface area contributed by atoms with Gasteiger partial charge in [-0.1, -0.05) is 6.07 Å². The predicted molar refractivity (Wildman–Crippen MR) is 113 cm³/mol. The van der Waals surface area contributed by atoms with Crippen molar-refractivity contribution in [1.29, 1.82) is 0 Å². The first-order valence-corrected chi connectivity index (χ1v) is 11.6. The van der Waals surface area contributed by atoms with Gasteiger partial charge in [0.2, 0.25) is 15.9 Å². The summed E-state index contributed by atoms with van der Waals surface area (Å²) in [6.45, 7) is 0.179. The third kappa shape index (κ3) is 6.03. The molecule has 0 heterocycles. The van der Waals surface area contributed by atoms with Crippen molar-refractivity contribution in [2.75, 3.05) is 18.9 Å². The summed E-state index contributed by atoms with van der Waals surface area (Å²) in [4.78, 5) is 12.3. The van der Waals surface area contributed by atoms with Crippen LogP contribution in [0.2, 0.25) is 0 Å². The molecule has 1 aliphatic rings. The summed E-state index contributed by atoms with van der Waals surface area (Å²) in [5.74, 6) is 0.0522. The highest BCUT2D eigenvalue weighted by Crippen LogP contribution is 2.26. The summed E-state index contributed by atoms with van der Waals surface area (Å²) in [6.07, 6.45) is 5.28. The van der Waals surface area contributed by atoms with Crippen LogP contribution in [-0.2, 0) is 14.8 Å². The molecule has 6 nitrogen and oxygen atoms in total. The second-order valence-corrected chi connectivity index (χ2v) is 9.53. The molecule has 0 aromatic heterocycles. The molecule has 1 saturated carbocycles. The molecule has 162 valence electrons. The predicted octanol–water partition coefficient (Wildman–Crippen LogP) is 4.19. The Balaban J connectivity index is 1.47. The molecular weight excluding hydrogens is 407 g/mol. The SMILES string of the molecule is CN(CCCC(=O)Nc1cccc(OC2CCCC2)c1)S(=O)(=O)c1ccc(F)cc1. The van der Waals surface area contributed by atoms with Gasteiger partial charge in [0.05, 0.1) is 11.0 Å². The Morgan fingerprint density at radius 1 is 1.17 bits per heavy atom. The van der Waals surface area contributed by atoms with E-state index < -0.39 is 15.8 Å². The van der Waals surface area contributed by atoms with Crippen LogP contribution in [0.1, 0.15) is 38.5 Å². The van der Waals surface area contributed by atoms with Crippen molar-refractivity contribution in [1.82, 2.24) is 4.31 Å². The van der Waals surface area contributed by atoms with Gasteiger partial charge in [0.15, 0.2) is 0 Å². The van der Waals surface area contributed by atoms with E-state index in [4.69, 9.17) is 4.74 Å².